The van der Waals surface area contributed by atoms with Gasteiger partial charge in [-0.3, -0.25) is 4.79 Å². The zero-order valence-corrected chi connectivity index (χ0v) is 9.91. The van der Waals surface area contributed by atoms with Crippen molar-refractivity contribution in [3.05, 3.63) is 33.8 Å². The van der Waals surface area contributed by atoms with Crippen LogP contribution in [0.15, 0.2) is 28.2 Å². The number of rotatable bonds is 1. The van der Waals surface area contributed by atoms with Crippen molar-refractivity contribution < 1.29 is 14.7 Å². The van der Waals surface area contributed by atoms with Crippen molar-refractivity contribution >= 4 is 39.1 Å². The van der Waals surface area contributed by atoms with Crippen molar-refractivity contribution in [2.24, 2.45) is 0 Å². The molecular weight excluding hydrogens is 288 g/mol. The summed E-state index contributed by atoms with van der Waals surface area (Å²) >= 11 is 3.23. The van der Waals surface area contributed by atoms with Crippen LogP contribution in [-0.2, 0) is 9.59 Å². The van der Waals surface area contributed by atoms with E-state index in [1.54, 1.807) is 18.2 Å². The van der Waals surface area contributed by atoms with Crippen molar-refractivity contribution in [2.45, 2.75) is 0 Å². The molecule has 0 unspecified atom stereocenters. The second kappa shape index (κ2) is 4.03. The molecule has 0 aliphatic carbocycles. The molecule has 0 atom stereocenters. The fourth-order valence-corrected chi connectivity index (χ4v) is 1.96. The highest BCUT2D eigenvalue weighted by Crippen LogP contribution is 2.35. The SMILES string of the molecule is N#C/C(C(=O)O)=C1\C(=O)Nc2ccc(Br)cc21. The predicted molar refractivity (Wildman–Crippen MR) is 62.9 cm³/mol. The van der Waals surface area contributed by atoms with Gasteiger partial charge < -0.3 is 10.4 Å². The summed E-state index contributed by atoms with van der Waals surface area (Å²) in [6, 6.07) is 6.50. The summed E-state index contributed by atoms with van der Waals surface area (Å²) < 4.78 is 0.702. The smallest absolute Gasteiger partial charge is 0.347 e. The molecule has 0 saturated carbocycles. The lowest BCUT2D eigenvalue weighted by molar-refractivity contribution is -0.132. The Morgan fingerprint density at radius 1 is 1.47 bits per heavy atom. The molecule has 1 heterocycles. The third-order valence-electron chi connectivity index (χ3n) is 2.30. The van der Waals surface area contributed by atoms with Gasteiger partial charge in [0.05, 0.1) is 5.57 Å². The Hall–Kier alpha value is -2.13. The lowest BCUT2D eigenvalue weighted by Crippen LogP contribution is -2.09. The van der Waals surface area contributed by atoms with Crippen LogP contribution in [0.25, 0.3) is 5.57 Å². The largest absolute Gasteiger partial charge is 0.477 e. The molecule has 1 amide bonds. The number of amides is 1. The Kier molecular flexibility index (Phi) is 2.69. The summed E-state index contributed by atoms with van der Waals surface area (Å²) in [4.78, 5) is 22.5. The lowest BCUT2D eigenvalue weighted by Gasteiger charge is -1.99. The van der Waals surface area contributed by atoms with Gasteiger partial charge in [0, 0.05) is 15.7 Å². The zero-order valence-electron chi connectivity index (χ0n) is 8.32. The van der Waals surface area contributed by atoms with E-state index in [1.807, 2.05) is 0 Å². The molecule has 0 bridgehead atoms. The number of nitriles is 1. The summed E-state index contributed by atoms with van der Waals surface area (Å²) in [6.45, 7) is 0. The van der Waals surface area contributed by atoms with Gasteiger partial charge in [-0.15, -0.1) is 0 Å². The third kappa shape index (κ3) is 1.81. The Labute approximate surface area is 104 Å². The first-order chi connectivity index (χ1) is 8.04. The van der Waals surface area contributed by atoms with Crippen LogP contribution in [0, 0.1) is 11.3 Å². The van der Waals surface area contributed by atoms with Gasteiger partial charge in [0.25, 0.3) is 5.91 Å². The first-order valence-corrected chi connectivity index (χ1v) is 5.33. The monoisotopic (exact) mass is 292 g/mol. The third-order valence-corrected chi connectivity index (χ3v) is 2.80. The highest BCUT2D eigenvalue weighted by atomic mass is 79.9. The maximum atomic E-state index is 11.6. The van der Waals surface area contributed by atoms with E-state index in [1.165, 1.54) is 6.07 Å². The van der Waals surface area contributed by atoms with E-state index in [0.717, 1.165) is 0 Å². The molecule has 5 nitrogen and oxygen atoms in total. The molecule has 6 heteroatoms. The van der Waals surface area contributed by atoms with Gasteiger partial charge >= 0.3 is 5.97 Å². The van der Waals surface area contributed by atoms with E-state index in [9.17, 15) is 9.59 Å². The summed E-state index contributed by atoms with van der Waals surface area (Å²) in [5, 5.41) is 20.2. The quantitative estimate of drug-likeness (QED) is 0.610. The van der Waals surface area contributed by atoms with Gasteiger partial charge in [-0.25, -0.2) is 4.79 Å². The second-order valence-corrected chi connectivity index (χ2v) is 4.23. The molecule has 1 aromatic carbocycles. The van der Waals surface area contributed by atoms with Crippen molar-refractivity contribution in [3.8, 4) is 6.07 Å². The molecule has 0 aromatic heterocycles. The van der Waals surface area contributed by atoms with Crippen molar-refractivity contribution in [1.82, 2.24) is 0 Å². The number of nitrogens with one attached hydrogen (secondary N) is 1. The highest BCUT2D eigenvalue weighted by Gasteiger charge is 2.30. The first kappa shape index (κ1) is 11.4. The molecule has 2 N–H and O–H groups in total. The summed E-state index contributed by atoms with van der Waals surface area (Å²) in [6.07, 6.45) is 0. The van der Waals surface area contributed by atoms with Gasteiger partial charge in [0.2, 0.25) is 0 Å². The van der Waals surface area contributed by atoms with Gasteiger partial charge in [-0.05, 0) is 18.2 Å². The van der Waals surface area contributed by atoms with Gasteiger partial charge in [-0.1, -0.05) is 15.9 Å². The fourth-order valence-electron chi connectivity index (χ4n) is 1.60. The van der Waals surface area contributed by atoms with E-state index in [2.05, 4.69) is 21.2 Å². The lowest BCUT2D eigenvalue weighted by atomic mass is 10.0. The molecule has 1 aliphatic heterocycles. The van der Waals surface area contributed by atoms with Crippen LogP contribution in [-0.4, -0.2) is 17.0 Å². The van der Waals surface area contributed by atoms with Crippen LogP contribution < -0.4 is 5.32 Å². The minimum absolute atomic E-state index is 0.101. The van der Waals surface area contributed by atoms with Gasteiger partial charge in [0.15, 0.2) is 5.57 Å². The van der Waals surface area contributed by atoms with Crippen LogP contribution in [0.1, 0.15) is 5.56 Å². The standard InChI is InChI=1S/C11H5BrN2O3/c12-5-1-2-8-6(3-5)9(10(15)14-8)7(4-13)11(16)17/h1-3H,(H,14,15)(H,16,17)/b9-7+. The average molecular weight is 293 g/mol. The Bertz CT molecular complexity index is 614. The number of anilines is 1. The molecule has 0 radical (unpaired) electrons. The van der Waals surface area contributed by atoms with Crippen LogP contribution >= 0.6 is 15.9 Å². The first-order valence-electron chi connectivity index (χ1n) is 4.53. The second-order valence-electron chi connectivity index (χ2n) is 3.31. The minimum atomic E-state index is -1.41. The normalized spacial score (nSPS) is 15.9. The number of carboxylic acid groups (broad SMARTS) is 1. The molecule has 0 saturated heterocycles. The maximum absolute atomic E-state index is 11.6. The molecule has 1 aromatic rings. The average Bonchev–Trinajstić information content (AvgIpc) is 2.56. The molecule has 17 heavy (non-hydrogen) atoms. The number of hydrogen-bond donors (Lipinski definition) is 2. The molecule has 1 aliphatic rings. The summed E-state index contributed by atoms with van der Waals surface area (Å²) in [5.41, 5.74) is 0.265. The van der Waals surface area contributed by atoms with E-state index in [0.29, 0.717) is 15.7 Å². The fraction of sp³-hybridized carbons (Fsp3) is 0. The number of halogens is 1. The van der Waals surface area contributed by atoms with E-state index < -0.39 is 17.4 Å². The Morgan fingerprint density at radius 3 is 2.76 bits per heavy atom. The molecular formula is C11H5BrN2O3. The van der Waals surface area contributed by atoms with Crippen molar-refractivity contribution in [1.29, 1.82) is 5.26 Å². The molecule has 0 spiro atoms. The van der Waals surface area contributed by atoms with Crippen LogP contribution in [0.2, 0.25) is 0 Å². The number of benzene rings is 1. The summed E-state index contributed by atoms with van der Waals surface area (Å²) in [5.74, 6) is -1.98. The van der Waals surface area contributed by atoms with Crippen LogP contribution in [0.4, 0.5) is 5.69 Å². The number of carbonyl (C=O) groups excluding carboxylic acids is 1. The Balaban J connectivity index is 2.75. The number of carboxylic acids is 1. The Morgan fingerprint density at radius 2 is 2.18 bits per heavy atom. The number of nitrogens with zero attached hydrogens (tertiary/aromatic N) is 1. The number of hydrogen-bond acceptors (Lipinski definition) is 3. The van der Waals surface area contributed by atoms with Gasteiger partial charge in [0.1, 0.15) is 6.07 Å². The van der Waals surface area contributed by atoms with Crippen LogP contribution in [0.3, 0.4) is 0 Å². The zero-order chi connectivity index (χ0) is 12.6. The van der Waals surface area contributed by atoms with E-state index >= 15 is 0 Å². The van der Waals surface area contributed by atoms with Crippen LogP contribution in [0.5, 0.6) is 0 Å². The maximum Gasteiger partial charge on any atom is 0.347 e. The van der Waals surface area contributed by atoms with E-state index in [4.69, 9.17) is 10.4 Å². The number of carbonyl (C=O) groups is 2. The molecule has 2 rings (SSSR count). The van der Waals surface area contributed by atoms with Crippen molar-refractivity contribution in [2.75, 3.05) is 5.32 Å². The summed E-state index contributed by atoms with van der Waals surface area (Å²) in [7, 11) is 0. The number of fused-ring (bicyclic) bond motifs is 1. The number of aliphatic carboxylic acids is 1. The van der Waals surface area contributed by atoms with E-state index in [-0.39, 0.29) is 5.57 Å². The predicted octanol–water partition coefficient (Wildman–Crippen LogP) is 1.76. The highest BCUT2D eigenvalue weighted by molar-refractivity contribution is 9.10. The minimum Gasteiger partial charge on any atom is -0.477 e. The van der Waals surface area contributed by atoms with Crippen molar-refractivity contribution in [3.63, 3.8) is 0 Å². The van der Waals surface area contributed by atoms with Gasteiger partial charge in [-0.2, -0.15) is 5.26 Å². The molecule has 0 fully saturated rings. The molecule has 84 valence electrons. The topological polar surface area (TPSA) is 90.2 Å².